The summed E-state index contributed by atoms with van der Waals surface area (Å²) in [6, 6.07) is 27.2. The first-order valence-electron chi connectivity index (χ1n) is 14.0. The Morgan fingerprint density at radius 1 is 1.07 bits per heavy atom. The van der Waals surface area contributed by atoms with E-state index in [1.165, 1.54) is 42.2 Å². The molecule has 0 aliphatic heterocycles. The van der Waals surface area contributed by atoms with Gasteiger partial charge in [-0.25, -0.2) is 4.98 Å². The molecule has 0 bridgehead atoms. The molecule has 1 aliphatic carbocycles. The Morgan fingerprint density at radius 3 is 2.63 bits per heavy atom. The Kier molecular flexibility index (Phi) is 11.4. The number of fused-ring (bicyclic) bond motifs is 1. The van der Waals surface area contributed by atoms with E-state index in [1.807, 2.05) is 44.2 Å². The predicted molar refractivity (Wildman–Crippen MR) is 178 cm³/mol. The Bertz CT molecular complexity index is 1540. The second-order valence-corrected chi connectivity index (χ2v) is 12.8. The van der Waals surface area contributed by atoms with Crippen molar-refractivity contribution in [2.45, 2.75) is 57.3 Å². The van der Waals surface area contributed by atoms with E-state index in [0.29, 0.717) is 10.3 Å². The summed E-state index contributed by atoms with van der Waals surface area (Å²) in [6.07, 6.45) is 8.86. The van der Waals surface area contributed by atoms with Crippen LogP contribution < -0.4 is 0 Å². The molecule has 1 atom stereocenters. The molecule has 210 valence electrons. The number of carbonyl (C=O) groups excluding carboxylic acids is 1. The third kappa shape index (κ3) is 9.08. The van der Waals surface area contributed by atoms with Crippen molar-refractivity contribution in [2.24, 2.45) is 5.92 Å². The van der Waals surface area contributed by atoms with Crippen molar-refractivity contribution < 1.29 is 12.4 Å². The van der Waals surface area contributed by atoms with Gasteiger partial charge in [-0.05, 0) is 97.7 Å². The number of esters is 1. The van der Waals surface area contributed by atoms with Crippen LogP contribution in [-0.4, -0.2) is 54.4 Å². The second-order valence-electron chi connectivity index (χ2n) is 11.1. The molecule has 1 aromatic heterocycles. The number of hydrogen-bond donors (Lipinski definition) is 0. The molecule has 1 fully saturated rings. The number of nitrogens with zero attached hydrogens (tertiary/aromatic N) is 1. The van der Waals surface area contributed by atoms with Crippen LogP contribution in [0, 0.1) is 5.92 Å². The quantitative estimate of drug-likeness (QED) is 0.125. The molecule has 3 aromatic carbocycles. The fourth-order valence-electron chi connectivity index (χ4n) is 5.15. The van der Waals surface area contributed by atoms with E-state index < -0.39 is 5.60 Å². The van der Waals surface area contributed by atoms with Crippen molar-refractivity contribution in [1.82, 2.24) is 4.98 Å². The van der Waals surface area contributed by atoms with Gasteiger partial charge in [-0.3, -0.25) is 4.79 Å². The van der Waals surface area contributed by atoms with Crippen molar-refractivity contribution in [2.75, 3.05) is 5.75 Å². The first-order valence-corrected chi connectivity index (χ1v) is 15.4. The van der Waals surface area contributed by atoms with E-state index in [-0.39, 0.29) is 46.6 Å². The first kappa shape index (κ1) is 32.1. The summed E-state index contributed by atoms with van der Waals surface area (Å²) < 4.78 is 5.69. The van der Waals surface area contributed by atoms with Crippen LogP contribution in [0.15, 0.2) is 78.9 Å². The van der Waals surface area contributed by atoms with Gasteiger partial charge >= 0.3 is 43.7 Å². The zero-order valence-electron chi connectivity index (χ0n) is 26.1. The molecule has 1 saturated carbocycles. The van der Waals surface area contributed by atoms with Crippen molar-refractivity contribution in [3.05, 3.63) is 112 Å². The minimum atomic E-state index is -0.661. The number of benzene rings is 3. The molecule has 3 nitrogen and oxygen atoms in total. The number of rotatable bonds is 11. The number of aryl methyl sites for hydroxylation is 1. The predicted octanol–water partition coefficient (Wildman–Crippen LogP) is 9.52. The van der Waals surface area contributed by atoms with Crippen LogP contribution in [0.25, 0.3) is 23.1 Å². The Morgan fingerprint density at radius 2 is 1.85 bits per heavy atom. The normalized spacial score (nSPS) is 14.1. The van der Waals surface area contributed by atoms with E-state index in [1.54, 1.807) is 0 Å². The first-order chi connectivity index (χ1) is 19.3. The number of ether oxygens (including phenoxy) is 1. The van der Waals surface area contributed by atoms with Crippen molar-refractivity contribution in [3.8, 4) is 0 Å². The number of aromatic nitrogens is 1. The molecular weight excluding hydrogens is 574 g/mol. The zero-order valence-corrected chi connectivity index (χ0v) is 27.9. The smallest absolute Gasteiger partial charge is 1.00 e. The minimum Gasteiger partial charge on any atom is -1.00 e. The summed E-state index contributed by atoms with van der Waals surface area (Å²) in [5.41, 5.74) is 5.98. The maximum Gasteiger partial charge on any atom is 2.00 e. The average Bonchev–Trinajstić information content (AvgIpc) is 3.76. The van der Waals surface area contributed by atoms with Gasteiger partial charge in [-0.2, -0.15) is 11.8 Å². The average molecular weight is 612 g/mol. The minimum absolute atomic E-state index is 0. The fraction of sp³-hybridized carbons (Fsp3) is 0.314. The van der Waals surface area contributed by atoms with Gasteiger partial charge in [0.25, 0.3) is 0 Å². The third-order valence-electron chi connectivity index (χ3n) is 7.38. The number of carbonyl (C=O) groups is 1. The second kappa shape index (κ2) is 14.6. The van der Waals surface area contributed by atoms with Crippen LogP contribution >= 0.6 is 23.4 Å². The number of thioether (sulfide) groups is 1. The van der Waals surface area contributed by atoms with Gasteiger partial charge in [-0.1, -0.05) is 78.3 Å². The summed E-state index contributed by atoms with van der Waals surface area (Å²) >= 11 is 8.26. The monoisotopic (exact) mass is 611 g/mol. The summed E-state index contributed by atoms with van der Waals surface area (Å²) in [7, 11) is 0. The van der Waals surface area contributed by atoms with Gasteiger partial charge in [-0.15, -0.1) is 0 Å². The molecule has 41 heavy (non-hydrogen) atoms. The number of halogens is 1. The van der Waals surface area contributed by atoms with Gasteiger partial charge < -0.3 is 7.59 Å². The standard InChI is InChI=1S/C35H36ClNO2S.Ca.2H/c1-24(38)39-35(2,3)32-10-5-4-8-27(32)16-20-34(40-23-26-11-12-26)29-9-6-7-25(21-29)13-18-31-19-15-28-14-17-30(36)22-33(28)37-31;;;/h4-10,13-15,17-19,21-22,26,34H,11-12,16,20,23H2,1-3H3;;;/q;+2;2*-1/t34-;;;/m1.../s1. The molecule has 0 saturated heterocycles. The van der Waals surface area contributed by atoms with E-state index in [4.69, 9.17) is 21.3 Å². The van der Waals surface area contributed by atoms with Crippen LogP contribution in [0.2, 0.25) is 5.02 Å². The molecule has 1 aliphatic rings. The Balaban J connectivity index is 0.00000215. The van der Waals surface area contributed by atoms with Crippen LogP contribution in [0.5, 0.6) is 0 Å². The molecule has 0 N–H and O–H groups in total. The van der Waals surface area contributed by atoms with E-state index >= 15 is 0 Å². The molecule has 0 radical (unpaired) electrons. The molecule has 4 aromatic rings. The van der Waals surface area contributed by atoms with Crippen molar-refractivity contribution in [3.63, 3.8) is 0 Å². The van der Waals surface area contributed by atoms with E-state index in [9.17, 15) is 4.79 Å². The van der Waals surface area contributed by atoms with Crippen LogP contribution in [-0.2, 0) is 21.6 Å². The summed E-state index contributed by atoms with van der Waals surface area (Å²) in [5, 5.41) is 2.16. The number of pyridine rings is 1. The molecule has 1 heterocycles. The summed E-state index contributed by atoms with van der Waals surface area (Å²) in [4.78, 5) is 16.5. The van der Waals surface area contributed by atoms with Crippen LogP contribution in [0.4, 0.5) is 0 Å². The summed E-state index contributed by atoms with van der Waals surface area (Å²) in [5.74, 6) is 1.80. The van der Waals surface area contributed by atoms with Crippen LogP contribution in [0.1, 0.15) is 76.1 Å². The Labute approximate surface area is 286 Å². The van der Waals surface area contributed by atoms with Gasteiger partial charge in [0.05, 0.1) is 11.2 Å². The van der Waals surface area contributed by atoms with Gasteiger partial charge in [0, 0.05) is 22.6 Å². The molecule has 0 spiro atoms. The molecular formula is C35H38CaClNO2S. The Hall–Kier alpha value is -1.82. The SMILES string of the molecule is CC(=O)OC(C)(C)c1ccccc1CC[C@@H](SCC1CC1)c1cccc(C=Cc2ccc3ccc(Cl)cc3n2)c1.[Ca+2].[H-].[H-]. The zero-order chi connectivity index (χ0) is 28.1. The van der Waals surface area contributed by atoms with Crippen molar-refractivity contribution >= 4 is 90.1 Å². The van der Waals surface area contributed by atoms with Gasteiger partial charge in [0.15, 0.2) is 0 Å². The van der Waals surface area contributed by atoms with E-state index in [2.05, 4.69) is 72.4 Å². The fourth-order valence-corrected chi connectivity index (χ4v) is 6.78. The molecule has 0 amide bonds. The van der Waals surface area contributed by atoms with Gasteiger partial charge in [0.2, 0.25) is 0 Å². The molecule has 6 heteroatoms. The van der Waals surface area contributed by atoms with Crippen molar-refractivity contribution in [1.29, 1.82) is 0 Å². The molecule has 0 unspecified atom stereocenters. The van der Waals surface area contributed by atoms with Gasteiger partial charge in [0.1, 0.15) is 5.60 Å². The maximum atomic E-state index is 11.8. The van der Waals surface area contributed by atoms with Crippen LogP contribution in [0.3, 0.4) is 0 Å². The maximum absolute atomic E-state index is 11.8. The molecule has 5 rings (SSSR count). The van der Waals surface area contributed by atoms with E-state index in [0.717, 1.165) is 40.9 Å². The number of hydrogen-bond acceptors (Lipinski definition) is 4. The summed E-state index contributed by atoms with van der Waals surface area (Å²) in [6.45, 7) is 5.42. The topological polar surface area (TPSA) is 39.2 Å². The third-order valence-corrected chi connectivity index (χ3v) is 9.18. The largest absolute Gasteiger partial charge is 2.00 e.